The van der Waals surface area contributed by atoms with Crippen LogP contribution in [0.3, 0.4) is 0 Å². The molecule has 2 unspecified atom stereocenters. The van der Waals surface area contributed by atoms with Crippen molar-refractivity contribution in [2.75, 3.05) is 19.5 Å². The lowest BCUT2D eigenvalue weighted by molar-refractivity contribution is -0.0942. The van der Waals surface area contributed by atoms with Crippen LogP contribution in [0, 0.1) is 12.3 Å². The molecule has 1 heterocycles. The first kappa shape index (κ1) is 14.8. The third kappa shape index (κ3) is 2.50. The summed E-state index contributed by atoms with van der Waals surface area (Å²) in [5.74, 6) is -0.0884. The lowest BCUT2D eigenvalue weighted by atomic mass is 9.64. The van der Waals surface area contributed by atoms with Crippen LogP contribution in [0.25, 0.3) is 0 Å². The van der Waals surface area contributed by atoms with Crippen LogP contribution in [-0.4, -0.2) is 37.2 Å². The van der Waals surface area contributed by atoms with Gasteiger partial charge in [0.05, 0.1) is 17.4 Å². The molecule has 0 bridgehead atoms. The number of methoxy groups -OCH3 is 1. The van der Waals surface area contributed by atoms with E-state index in [0.717, 1.165) is 17.8 Å². The summed E-state index contributed by atoms with van der Waals surface area (Å²) in [6.45, 7) is 6.13. The van der Waals surface area contributed by atoms with Gasteiger partial charge in [-0.25, -0.2) is 0 Å². The first-order chi connectivity index (χ1) is 9.40. The second-order valence-corrected chi connectivity index (χ2v) is 5.93. The molecule has 0 radical (unpaired) electrons. The average molecular weight is 277 g/mol. The lowest BCUT2D eigenvalue weighted by Gasteiger charge is -2.51. The lowest BCUT2D eigenvalue weighted by Crippen LogP contribution is -2.61. The minimum absolute atomic E-state index is 0.0393. The molecule has 2 N–H and O–H groups in total. The van der Waals surface area contributed by atoms with Crippen molar-refractivity contribution >= 4 is 11.6 Å². The number of nitrogens with zero attached hydrogens (tertiary/aromatic N) is 1. The third-order valence-electron chi connectivity index (χ3n) is 4.32. The Morgan fingerprint density at radius 2 is 2.20 bits per heavy atom. The number of aromatic nitrogens is 1. The zero-order valence-electron chi connectivity index (χ0n) is 12.8. The number of pyridine rings is 1. The highest BCUT2D eigenvalue weighted by molar-refractivity contribution is 5.99. The Bertz CT molecular complexity index is 514. The summed E-state index contributed by atoms with van der Waals surface area (Å²) in [6, 6.07) is 2.00. The number of nitrogens with one attached hydrogen (secondary N) is 2. The third-order valence-corrected chi connectivity index (χ3v) is 4.32. The molecule has 1 amide bonds. The summed E-state index contributed by atoms with van der Waals surface area (Å²) in [5, 5.41) is 6.12. The fraction of sp³-hybridized carbons (Fsp3) is 0.600. The summed E-state index contributed by atoms with van der Waals surface area (Å²) in [4.78, 5) is 16.6. The van der Waals surface area contributed by atoms with E-state index in [1.54, 1.807) is 20.4 Å². The molecule has 1 fully saturated rings. The highest BCUT2D eigenvalue weighted by atomic mass is 16.5. The Hall–Kier alpha value is -1.62. The van der Waals surface area contributed by atoms with Crippen molar-refractivity contribution < 1.29 is 9.53 Å². The second-order valence-electron chi connectivity index (χ2n) is 5.93. The van der Waals surface area contributed by atoms with Gasteiger partial charge >= 0.3 is 0 Å². The van der Waals surface area contributed by atoms with Gasteiger partial charge in [0.15, 0.2) is 0 Å². The number of amides is 1. The Balaban J connectivity index is 2.10. The van der Waals surface area contributed by atoms with Crippen molar-refractivity contribution in [3.63, 3.8) is 0 Å². The Morgan fingerprint density at radius 1 is 1.50 bits per heavy atom. The number of carbonyl (C=O) groups is 1. The molecule has 1 aliphatic carbocycles. The molecular formula is C15H23N3O2. The topological polar surface area (TPSA) is 63.2 Å². The average Bonchev–Trinajstić information content (AvgIpc) is 2.42. The normalized spacial score (nSPS) is 23.9. The molecule has 1 aromatic rings. The van der Waals surface area contributed by atoms with Crippen LogP contribution in [-0.2, 0) is 4.74 Å². The van der Waals surface area contributed by atoms with Gasteiger partial charge in [0.1, 0.15) is 0 Å². The smallest absolute Gasteiger partial charge is 0.255 e. The number of anilines is 1. The zero-order valence-corrected chi connectivity index (χ0v) is 12.8. The van der Waals surface area contributed by atoms with E-state index in [9.17, 15) is 4.79 Å². The summed E-state index contributed by atoms with van der Waals surface area (Å²) in [5.41, 5.74) is 2.22. The number of hydrogen-bond acceptors (Lipinski definition) is 4. The van der Waals surface area contributed by atoms with E-state index in [2.05, 4.69) is 29.5 Å². The monoisotopic (exact) mass is 277 g/mol. The summed E-state index contributed by atoms with van der Waals surface area (Å²) in [6.07, 6.45) is 2.67. The van der Waals surface area contributed by atoms with Gasteiger partial charge in [-0.3, -0.25) is 9.78 Å². The summed E-state index contributed by atoms with van der Waals surface area (Å²) < 4.78 is 5.40. The number of hydrogen-bond donors (Lipinski definition) is 2. The highest BCUT2D eigenvalue weighted by Gasteiger charge is 2.49. The van der Waals surface area contributed by atoms with Gasteiger partial charge < -0.3 is 15.4 Å². The van der Waals surface area contributed by atoms with Crippen molar-refractivity contribution in [2.24, 2.45) is 5.41 Å². The fourth-order valence-electron chi connectivity index (χ4n) is 2.71. The molecule has 5 nitrogen and oxygen atoms in total. The maximum atomic E-state index is 12.4. The quantitative estimate of drug-likeness (QED) is 0.883. The molecule has 1 saturated carbocycles. The maximum absolute atomic E-state index is 12.4. The Kier molecular flexibility index (Phi) is 3.99. The van der Waals surface area contributed by atoms with Crippen LogP contribution < -0.4 is 10.6 Å². The largest absolute Gasteiger partial charge is 0.387 e. The molecule has 1 aliphatic rings. The van der Waals surface area contributed by atoms with Crippen molar-refractivity contribution in [3.8, 4) is 0 Å². The first-order valence-electron chi connectivity index (χ1n) is 6.88. The minimum Gasteiger partial charge on any atom is -0.387 e. The molecule has 1 aromatic heterocycles. The van der Waals surface area contributed by atoms with Gasteiger partial charge in [-0.2, -0.15) is 0 Å². The van der Waals surface area contributed by atoms with Crippen molar-refractivity contribution in [1.29, 1.82) is 0 Å². The van der Waals surface area contributed by atoms with E-state index < -0.39 is 0 Å². The van der Waals surface area contributed by atoms with E-state index in [0.29, 0.717) is 5.56 Å². The van der Waals surface area contributed by atoms with Crippen LogP contribution in [0.1, 0.15) is 36.3 Å². The Morgan fingerprint density at radius 3 is 2.75 bits per heavy atom. The molecule has 2 atom stereocenters. The van der Waals surface area contributed by atoms with E-state index in [1.807, 2.05) is 13.0 Å². The first-order valence-corrected chi connectivity index (χ1v) is 6.88. The molecule has 2 rings (SSSR count). The van der Waals surface area contributed by atoms with E-state index in [-0.39, 0.29) is 23.5 Å². The van der Waals surface area contributed by atoms with Gasteiger partial charge in [0.2, 0.25) is 0 Å². The van der Waals surface area contributed by atoms with Crippen LogP contribution in [0.4, 0.5) is 5.69 Å². The second kappa shape index (κ2) is 5.40. The molecule has 0 spiro atoms. The summed E-state index contributed by atoms with van der Waals surface area (Å²) >= 11 is 0. The SMILES string of the molecule is CNc1cc(C)ncc1C(=O)NC1CC(OC)C1(C)C. The molecule has 5 heteroatoms. The number of aryl methyl sites for hydroxylation is 1. The van der Waals surface area contributed by atoms with Crippen LogP contribution in [0.15, 0.2) is 12.3 Å². The van der Waals surface area contributed by atoms with Crippen LogP contribution >= 0.6 is 0 Å². The minimum atomic E-state index is -0.0884. The van der Waals surface area contributed by atoms with Crippen molar-refractivity contribution in [1.82, 2.24) is 10.3 Å². The van der Waals surface area contributed by atoms with Crippen LogP contribution in [0.5, 0.6) is 0 Å². The number of ether oxygens (including phenoxy) is 1. The molecule has 0 saturated heterocycles. The Labute approximate surface area is 120 Å². The zero-order chi connectivity index (χ0) is 14.9. The fourth-order valence-corrected chi connectivity index (χ4v) is 2.71. The van der Waals surface area contributed by atoms with Gasteiger partial charge in [0.25, 0.3) is 5.91 Å². The predicted octanol–water partition coefficient (Wildman–Crippen LogP) is 1.98. The standard InChI is InChI=1S/C15H23N3O2/c1-9-6-11(16-4)10(8-17-9)14(19)18-12-7-13(20-5)15(12,2)3/h6,8,12-13H,7H2,1-5H3,(H,16,17)(H,18,19). The predicted molar refractivity (Wildman–Crippen MR) is 79.0 cm³/mol. The van der Waals surface area contributed by atoms with Crippen molar-refractivity contribution in [3.05, 3.63) is 23.5 Å². The van der Waals surface area contributed by atoms with Crippen LogP contribution in [0.2, 0.25) is 0 Å². The van der Waals surface area contributed by atoms with Gasteiger partial charge in [-0.15, -0.1) is 0 Å². The highest BCUT2D eigenvalue weighted by Crippen LogP contribution is 2.42. The molecule has 110 valence electrons. The van der Waals surface area contributed by atoms with E-state index in [1.165, 1.54) is 0 Å². The van der Waals surface area contributed by atoms with Gasteiger partial charge in [0, 0.05) is 37.5 Å². The molecule has 0 aromatic carbocycles. The van der Waals surface area contributed by atoms with Gasteiger partial charge in [-0.05, 0) is 19.4 Å². The van der Waals surface area contributed by atoms with Crippen molar-refractivity contribution in [2.45, 2.75) is 39.3 Å². The molecular weight excluding hydrogens is 254 g/mol. The molecule has 20 heavy (non-hydrogen) atoms. The number of rotatable bonds is 4. The van der Waals surface area contributed by atoms with E-state index in [4.69, 9.17) is 4.74 Å². The molecule has 0 aliphatic heterocycles. The van der Waals surface area contributed by atoms with E-state index >= 15 is 0 Å². The van der Waals surface area contributed by atoms with Gasteiger partial charge in [-0.1, -0.05) is 13.8 Å². The maximum Gasteiger partial charge on any atom is 0.255 e. The summed E-state index contributed by atoms with van der Waals surface area (Å²) in [7, 11) is 3.52. The number of carbonyl (C=O) groups excluding carboxylic acids is 1.